The van der Waals surface area contributed by atoms with E-state index in [4.69, 9.17) is 0 Å². The van der Waals surface area contributed by atoms with Gasteiger partial charge in [-0.25, -0.2) is 4.98 Å². The standard InChI is InChI=1S/C10H13N3O.C2H6/c1-12-6-7-13(10(14)8-12)9-4-2-3-5-11-9;1-2/h2-5H,6-8H2,1H3;1-2H3. The topological polar surface area (TPSA) is 36.4 Å². The van der Waals surface area contributed by atoms with Crippen LogP contribution in [0.25, 0.3) is 0 Å². The summed E-state index contributed by atoms with van der Waals surface area (Å²) >= 11 is 0. The minimum Gasteiger partial charge on any atom is -0.296 e. The molecule has 0 saturated carbocycles. The average Bonchev–Trinajstić information content (AvgIpc) is 2.33. The summed E-state index contributed by atoms with van der Waals surface area (Å²) in [7, 11) is 1.95. The van der Waals surface area contributed by atoms with E-state index in [0.717, 1.165) is 18.9 Å². The number of rotatable bonds is 1. The van der Waals surface area contributed by atoms with Crippen molar-refractivity contribution in [3.8, 4) is 0 Å². The predicted molar refractivity (Wildman–Crippen MR) is 65.4 cm³/mol. The third-order valence-corrected chi connectivity index (χ3v) is 2.34. The molecule has 2 heterocycles. The van der Waals surface area contributed by atoms with Crippen molar-refractivity contribution in [1.29, 1.82) is 0 Å². The molecular weight excluding hydrogens is 202 g/mol. The highest BCUT2D eigenvalue weighted by atomic mass is 16.2. The van der Waals surface area contributed by atoms with Gasteiger partial charge in [-0.15, -0.1) is 0 Å². The van der Waals surface area contributed by atoms with Gasteiger partial charge in [0.25, 0.3) is 0 Å². The number of piperazine rings is 1. The summed E-state index contributed by atoms with van der Waals surface area (Å²) < 4.78 is 0. The minimum atomic E-state index is 0.123. The zero-order valence-electron chi connectivity index (χ0n) is 10.2. The normalized spacial score (nSPS) is 16.7. The molecule has 0 unspecified atom stereocenters. The Kier molecular flexibility index (Phi) is 4.92. The molecule has 4 heteroatoms. The number of pyridine rings is 1. The fourth-order valence-corrected chi connectivity index (χ4v) is 1.55. The summed E-state index contributed by atoms with van der Waals surface area (Å²) in [6.45, 7) is 6.12. The van der Waals surface area contributed by atoms with E-state index in [9.17, 15) is 4.79 Å². The van der Waals surface area contributed by atoms with Crippen molar-refractivity contribution in [1.82, 2.24) is 9.88 Å². The van der Waals surface area contributed by atoms with Gasteiger partial charge in [-0.1, -0.05) is 19.9 Å². The van der Waals surface area contributed by atoms with Crippen molar-refractivity contribution in [3.63, 3.8) is 0 Å². The van der Waals surface area contributed by atoms with Crippen LogP contribution in [0.4, 0.5) is 5.82 Å². The zero-order chi connectivity index (χ0) is 12.0. The molecule has 0 aromatic carbocycles. The number of hydrogen-bond acceptors (Lipinski definition) is 3. The molecule has 2 rings (SSSR count). The fourth-order valence-electron chi connectivity index (χ4n) is 1.55. The highest BCUT2D eigenvalue weighted by Gasteiger charge is 2.22. The van der Waals surface area contributed by atoms with E-state index in [2.05, 4.69) is 4.98 Å². The smallest absolute Gasteiger partial charge is 0.242 e. The Morgan fingerprint density at radius 1 is 1.25 bits per heavy atom. The minimum absolute atomic E-state index is 0.123. The molecule has 1 aliphatic heterocycles. The molecule has 16 heavy (non-hydrogen) atoms. The zero-order valence-corrected chi connectivity index (χ0v) is 10.2. The monoisotopic (exact) mass is 221 g/mol. The van der Waals surface area contributed by atoms with Crippen LogP contribution in [0, 0.1) is 0 Å². The quantitative estimate of drug-likeness (QED) is 0.719. The van der Waals surface area contributed by atoms with Gasteiger partial charge in [0.1, 0.15) is 5.82 Å². The molecule has 0 radical (unpaired) electrons. The third kappa shape index (κ3) is 3.03. The van der Waals surface area contributed by atoms with Crippen LogP contribution in [0.15, 0.2) is 24.4 Å². The molecule has 1 aliphatic rings. The highest BCUT2D eigenvalue weighted by Crippen LogP contribution is 2.12. The second-order valence-electron chi connectivity index (χ2n) is 3.47. The molecule has 1 fully saturated rings. The van der Waals surface area contributed by atoms with E-state index in [1.165, 1.54) is 0 Å². The number of aromatic nitrogens is 1. The van der Waals surface area contributed by atoms with Gasteiger partial charge in [-0.2, -0.15) is 0 Å². The lowest BCUT2D eigenvalue weighted by Gasteiger charge is -2.31. The molecule has 0 atom stereocenters. The first kappa shape index (κ1) is 12.6. The van der Waals surface area contributed by atoms with Gasteiger partial charge in [0, 0.05) is 19.3 Å². The molecular formula is C12H19N3O. The first-order valence-electron chi connectivity index (χ1n) is 5.67. The maximum absolute atomic E-state index is 11.6. The molecule has 0 spiro atoms. The number of amides is 1. The van der Waals surface area contributed by atoms with Crippen molar-refractivity contribution in [2.75, 3.05) is 31.6 Å². The molecule has 0 bridgehead atoms. The third-order valence-electron chi connectivity index (χ3n) is 2.34. The Balaban J connectivity index is 0.000000606. The molecule has 1 amide bonds. The van der Waals surface area contributed by atoms with Crippen molar-refractivity contribution in [2.45, 2.75) is 13.8 Å². The van der Waals surface area contributed by atoms with Crippen molar-refractivity contribution in [3.05, 3.63) is 24.4 Å². The second-order valence-corrected chi connectivity index (χ2v) is 3.47. The number of nitrogens with zero attached hydrogens (tertiary/aromatic N) is 3. The summed E-state index contributed by atoms with van der Waals surface area (Å²) in [5.74, 6) is 0.878. The van der Waals surface area contributed by atoms with Gasteiger partial charge in [0.05, 0.1) is 6.54 Å². The summed E-state index contributed by atoms with van der Waals surface area (Å²) in [5.41, 5.74) is 0. The van der Waals surface area contributed by atoms with Gasteiger partial charge in [0.2, 0.25) is 5.91 Å². The molecule has 4 nitrogen and oxygen atoms in total. The van der Waals surface area contributed by atoms with Crippen LogP contribution < -0.4 is 4.90 Å². The average molecular weight is 221 g/mol. The predicted octanol–water partition coefficient (Wildman–Crippen LogP) is 1.39. The summed E-state index contributed by atoms with van der Waals surface area (Å²) in [4.78, 5) is 19.6. The SMILES string of the molecule is CC.CN1CCN(c2ccccn2)C(=O)C1. The van der Waals surface area contributed by atoms with E-state index < -0.39 is 0 Å². The van der Waals surface area contributed by atoms with Gasteiger partial charge in [-0.05, 0) is 19.2 Å². The molecule has 1 aromatic heterocycles. The van der Waals surface area contributed by atoms with Crippen LogP contribution in [-0.4, -0.2) is 42.5 Å². The fraction of sp³-hybridized carbons (Fsp3) is 0.500. The Labute approximate surface area is 96.9 Å². The van der Waals surface area contributed by atoms with E-state index in [1.807, 2.05) is 44.0 Å². The summed E-state index contributed by atoms with van der Waals surface area (Å²) in [5, 5.41) is 0. The van der Waals surface area contributed by atoms with Gasteiger partial charge in [-0.3, -0.25) is 14.6 Å². The van der Waals surface area contributed by atoms with Crippen molar-refractivity contribution >= 4 is 11.7 Å². The van der Waals surface area contributed by atoms with Crippen LogP contribution in [0.2, 0.25) is 0 Å². The Hall–Kier alpha value is -1.42. The number of carbonyl (C=O) groups is 1. The number of likely N-dealkylation sites (N-methyl/N-ethyl adjacent to an activating group) is 1. The summed E-state index contributed by atoms with van der Waals surface area (Å²) in [6, 6.07) is 5.61. The van der Waals surface area contributed by atoms with Gasteiger partial charge >= 0.3 is 0 Å². The Morgan fingerprint density at radius 2 is 2.00 bits per heavy atom. The van der Waals surface area contributed by atoms with Crippen LogP contribution in [0.5, 0.6) is 0 Å². The van der Waals surface area contributed by atoms with Crippen molar-refractivity contribution < 1.29 is 4.79 Å². The number of hydrogen-bond donors (Lipinski definition) is 0. The Morgan fingerprint density at radius 3 is 2.56 bits per heavy atom. The number of anilines is 1. The van der Waals surface area contributed by atoms with Crippen LogP contribution in [0.3, 0.4) is 0 Å². The highest BCUT2D eigenvalue weighted by molar-refractivity contribution is 5.94. The molecule has 0 aliphatic carbocycles. The lowest BCUT2D eigenvalue weighted by molar-refractivity contribution is -0.120. The maximum atomic E-state index is 11.6. The summed E-state index contributed by atoms with van der Waals surface area (Å²) in [6.07, 6.45) is 1.71. The van der Waals surface area contributed by atoms with E-state index in [-0.39, 0.29) is 5.91 Å². The van der Waals surface area contributed by atoms with Crippen LogP contribution >= 0.6 is 0 Å². The first-order chi connectivity index (χ1) is 7.77. The van der Waals surface area contributed by atoms with E-state index in [1.54, 1.807) is 11.1 Å². The van der Waals surface area contributed by atoms with Crippen molar-refractivity contribution in [2.24, 2.45) is 0 Å². The number of carbonyl (C=O) groups excluding carboxylic acids is 1. The first-order valence-corrected chi connectivity index (χ1v) is 5.67. The van der Waals surface area contributed by atoms with Crippen LogP contribution in [-0.2, 0) is 4.79 Å². The molecule has 0 N–H and O–H groups in total. The van der Waals surface area contributed by atoms with Crippen LogP contribution in [0.1, 0.15) is 13.8 Å². The van der Waals surface area contributed by atoms with E-state index in [0.29, 0.717) is 6.54 Å². The lowest BCUT2D eigenvalue weighted by atomic mass is 10.3. The largest absolute Gasteiger partial charge is 0.296 e. The van der Waals surface area contributed by atoms with E-state index >= 15 is 0 Å². The second kappa shape index (κ2) is 6.23. The molecule has 1 aromatic rings. The molecule has 88 valence electrons. The lowest BCUT2D eigenvalue weighted by Crippen LogP contribution is -2.49. The Bertz CT molecular complexity index is 326. The van der Waals surface area contributed by atoms with Gasteiger partial charge in [0.15, 0.2) is 0 Å². The maximum Gasteiger partial charge on any atom is 0.242 e. The molecule has 1 saturated heterocycles. The van der Waals surface area contributed by atoms with Gasteiger partial charge < -0.3 is 0 Å².